The largest absolute Gasteiger partial charge is 0.394 e. The summed E-state index contributed by atoms with van der Waals surface area (Å²) < 4.78 is 4.44. The van der Waals surface area contributed by atoms with Crippen molar-refractivity contribution in [2.75, 3.05) is 20.3 Å². The summed E-state index contributed by atoms with van der Waals surface area (Å²) in [6.45, 7) is 9.26. The molecule has 0 saturated heterocycles. The van der Waals surface area contributed by atoms with Crippen LogP contribution in [0.15, 0.2) is 12.7 Å². The van der Waals surface area contributed by atoms with E-state index in [0.717, 1.165) is 0 Å². The van der Waals surface area contributed by atoms with Crippen molar-refractivity contribution >= 4 is 0 Å². The highest BCUT2D eigenvalue weighted by molar-refractivity contribution is 4.51. The van der Waals surface area contributed by atoms with Crippen LogP contribution in [0.25, 0.3) is 0 Å². The zero-order valence-electron chi connectivity index (χ0n) is 8.58. The molecule has 76 valence electrons. The first kappa shape index (κ1) is 17.6. The third-order valence-corrected chi connectivity index (χ3v) is 0.295. The quantitative estimate of drug-likeness (QED) is 0.625. The van der Waals surface area contributed by atoms with Crippen molar-refractivity contribution in [2.45, 2.75) is 26.9 Å². The van der Waals surface area contributed by atoms with Crippen molar-refractivity contribution in [1.82, 2.24) is 0 Å². The molecule has 0 radical (unpaired) electrons. The summed E-state index contributed by atoms with van der Waals surface area (Å²) in [7, 11) is 1.55. The molecule has 0 bridgehead atoms. The van der Waals surface area contributed by atoms with Crippen LogP contribution in [0.5, 0.6) is 0 Å². The summed E-state index contributed by atoms with van der Waals surface area (Å²) in [5.74, 6) is 0. The lowest BCUT2D eigenvalue weighted by molar-refractivity contribution is 0.135. The van der Waals surface area contributed by atoms with Gasteiger partial charge in [-0.1, -0.05) is 6.08 Å². The lowest BCUT2D eigenvalue weighted by Crippen LogP contribution is -1.91. The second-order valence-electron chi connectivity index (χ2n) is 2.22. The molecule has 0 aromatic heterocycles. The molecule has 0 unspecified atom stereocenters. The van der Waals surface area contributed by atoms with Crippen LogP contribution in [0.4, 0.5) is 0 Å². The first-order valence-corrected chi connectivity index (χ1v) is 3.91. The van der Waals surface area contributed by atoms with Gasteiger partial charge in [-0.05, 0) is 20.8 Å². The van der Waals surface area contributed by atoms with E-state index in [9.17, 15) is 0 Å². The predicted octanol–water partition coefficient (Wildman–Crippen LogP) is 1.20. The van der Waals surface area contributed by atoms with E-state index in [1.807, 2.05) is 6.92 Å². The van der Waals surface area contributed by atoms with Crippen LogP contribution in [0.3, 0.4) is 0 Å². The maximum Gasteiger partial charge on any atom is 0.0693 e. The van der Waals surface area contributed by atoms with Crippen molar-refractivity contribution in [2.24, 2.45) is 0 Å². The molecule has 0 aromatic rings. The highest BCUT2D eigenvalue weighted by atomic mass is 16.5. The second-order valence-corrected chi connectivity index (χ2v) is 2.22. The summed E-state index contributed by atoms with van der Waals surface area (Å²) in [5.41, 5.74) is 0. The molecule has 0 heterocycles. The minimum Gasteiger partial charge on any atom is -0.394 e. The van der Waals surface area contributed by atoms with Crippen molar-refractivity contribution in [3.63, 3.8) is 0 Å². The summed E-state index contributed by atoms with van der Waals surface area (Å²) >= 11 is 0. The molecule has 0 amide bonds. The monoisotopic (exact) mass is 178 g/mol. The predicted molar refractivity (Wildman–Crippen MR) is 52.2 cm³/mol. The SMILES string of the molecule is C=CC.CC(C)O.COCCO. The fraction of sp³-hybridized carbons (Fsp3) is 0.778. The van der Waals surface area contributed by atoms with Crippen LogP contribution >= 0.6 is 0 Å². The Morgan fingerprint density at radius 2 is 1.75 bits per heavy atom. The van der Waals surface area contributed by atoms with E-state index in [1.165, 1.54) is 0 Å². The van der Waals surface area contributed by atoms with Crippen LogP contribution in [0, 0.1) is 0 Å². The molecule has 0 spiro atoms. The molecule has 0 aliphatic rings. The smallest absolute Gasteiger partial charge is 0.0693 e. The van der Waals surface area contributed by atoms with Crippen molar-refractivity contribution in [3.8, 4) is 0 Å². The van der Waals surface area contributed by atoms with Gasteiger partial charge in [-0.2, -0.15) is 0 Å². The standard InChI is InChI=1S/C3H8O2.C3H8O.C3H6/c1-5-3-2-4;1-3(2)4;1-3-2/h4H,2-3H2,1H3;3-4H,1-2H3;3H,1H2,2H3. The van der Waals surface area contributed by atoms with Gasteiger partial charge in [0, 0.05) is 13.2 Å². The Morgan fingerprint density at radius 1 is 1.50 bits per heavy atom. The lowest BCUT2D eigenvalue weighted by atomic mass is 10.5. The molecule has 0 fully saturated rings. The Labute approximate surface area is 75.7 Å². The highest BCUT2D eigenvalue weighted by Crippen LogP contribution is 1.65. The van der Waals surface area contributed by atoms with Crippen molar-refractivity contribution < 1.29 is 14.9 Å². The zero-order valence-corrected chi connectivity index (χ0v) is 8.58. The average Bonchev–Trinajstić information content (AvgIpc) is 1.89. The molecular formula is C9H22O3. The summed E-state index contributed by atoms with van der Waals surface area (Å²) in [4.78, 5) is 0. The number of methoxy groups -OCH3 is 1. The average molecular weight is 178 g/mol. The summed E-state index contributed by atoms with van der Waals surface area (Å²) in [5, 5.41) is 16.0. The number of hydrogen-bond donors (Lipinski definition) is 2. The normalized spacial score (nSPS) is 7.58. The molecule has 0 aliphatic heterocycles. The minimum atomic E-state index is -0.167. The molecule has 0 atom stereocenters. The highest BCUT2D eigenvalue weighted by Gasteiger charge is 1.69. The van der Waals surface area contributed by atoms with E-state index >= 15 is 0 Å². The van der Waals surface area contributed by atoms with Gasteiger partial charge >= 0.3 is 0 Å². The molecule has 2 N–H and O–H groups in total. The van der Waals surface area contributed by atoms with Crippen LogP contribution in [-0.2, 0) is 4.74 Å². The fourth-order valence-electron chi connectivity index (χ4n) is 0.0913. The van der Waals surface area contributed by atoms with Crippen LogP contribution in [-0.4, -0.2) is 36.6 Å². The number of ether oxygens (including phenoxy) is 1. The molecular weight excluding hydrogens is 156 g/mol. The first-order valence-electron chi connectivity index (χ1n) is 3.91. The Bertz CT molecular complexity index is 58.0. The van der Waals surface area contributed by atoms with Gasteiger partial charge in [0.1, 0.15) is 0 Å². The summed E-state index contributed by atoms with van der Waals surface area (Å²) in [6, 6.07) is 0. The Balaban J connectivity index is -0.000000105. The first-order chi connectivity index (χ1) is 5.56. The van der Waals surface area contributed by atoms with Crippen LogP contribution in [0.2, 0.25) is 0 Å². The van der Waals surface area contributed by atoms with Crippen LogP contribution < -0.4 is 0 Å². The second kappa shape index (κ2) is 22.4. The van der Waals surface area contributed by atoms with Gasteiger partial charge < -0.3 is 14.9 Å². The van der Waals surface area contributed by atoms with Crippen molar-refractivity contribution in [1.29, 1.82) is 0 Å². The van der Waals surface area contributed by atoms with E-state index < -0.39 is 0 Å². The van der Waals surface area contributed by atoms with Gasteiger partial charge in [0.2, 0.25) is 0 Å². The molecule has 0 aromatic carbocycles. The molecule has 3 heteroatoms. The lowest BCUT2D eigenvalue weighted by Gasteiger charge is -1.84. The van der Waals surface area contributed by atoms with E-state index in [2.05, 4.69) is 11.3 Å². The maximum atomic E-state index is 8.06. The number of aliphatic hydroxyl groups excluding tert-OH is 2. The van der Waals surface area contributed by atoms with Gasteiger partial charge in [-0.15, -0.1) is 6.58 Å². The minimum absolute atomic E-state index is 0.122. The fourth-order valence-corrected chi connectivity index (χ4v) is 0.0913. The number of aliphatic hydroxyl groups is 2. The maximum absolute atomic E-state index is 8.06. The van der Waals surface area contributed by atoms with Gasteiger partial charge in [0.05, 0.1) is 13.2 Å². The Hall–Kier alpha value is -0.380. The topological polar surface area (TPSA) is 49.7 Å². The Morgan fingerprint density at radius 3 is 1.75 bits per heavy atom. The number of hydrogen-bond acceptors (Lipinski definition) is 3. The Kier molecular flexibility index (Phi) is 33.0. The van der Waals surface area contributed by atoms with E-state index in [1.54, 1.807) is 27.0 Å². The van der Waals surface area contributed by atoms with E-state index in [4.69, 9.17) is 10.2 Å². The molecule has 12 heavy (non-hydrogen) atoms. The molecule has 0 saturated carbocycles. The molecule has 0 rings (SSSR count). The molecule has 3 nitrogen and oxygen atoms in total. The van der Waals surface area contributed by atoms with Gasteiger partial charge in [0.25, 0.3) is 0 Å². The van der Waals surface area contributed by atoms with Crippen molar-refractivity contribution in [3.05, 3.63) is 12.7 Å². The molecule has 0 aliphatic carbocycles. The zero-order chi connectivity index (χ0) is 10.4. The van der Waals surface area contributed by atoms with E-state index in [0.29, 0.717) is 6.61 Å². The van der Waals surface area contributed by atoms with Gasteiger partial charge in [-0.3, -0.25) is 0 Å². The van der Waals surface area contributed by atoms with Gasteiger partial charge in [0.15, 0.2) is 0 Å². The van der Waals surface area contributed by atoms with Gasteiger partial charge in [-0.25, -0.2) is 0 Å². The van der Waals surface area contributed by atoms with Crippen LogP contribution in [0.1, 0.15) is 20.8 Å². The number of rotatable bonds is 2. The third kappa shape index (κ3) is 272. The number of allylic oxidation sites excluding steroid dienone is 1. The summed E-state index contributed by atoms with van der Waals surface area (Å²) in [6.07, 6.45) is 1.58. The third-order valence-electron chi connectivity index (χ3n) is 0.295. The van der Waals surface area contributed by atoms with E-state index in [-0.39, 0.29) is 12.7 Å².